The lowest BCUT2D eigenvalue weighted by molar-refractivity contribution is -0.138. The van der Waals surface area contributed by atoms with Crippen molar-refractivity contribution in [2.45, 2.75) is 18.9 Å². The van der Waals surface area contributed by atoms with E-state index in [0.717, 1.165) is 0 Å². The van der Waals surface area contributed by atoms with Crippen molar-refractivity contribution in [2.24, 2.45) is 5.92 Å². The normalized spacial score (nSPS) is 17.8. The van der Waals surface area contributed by atoms with Crippen LogP contribution in [0.25, 0.3) is 11.1 Å². The monoisotopic (exact) mass is 432 g/mol. The molecule has 0 radical (unpaired) electrons. The molecule has 1 N–H and O–H groups in total. The van der Waals surface area contributed by atoms with Crippen molar-refractivity contribution in [1.82, 2.24) is 9.97 Å². The Hall–Kier alpha value is -2.70. The molecule has 0 unspecified atom stereocenters. The summed E-state index contributed by atoms with van der Waals surface area (Å²) in [7, 11) is 0. The lowest BCUT2D eigenvalue weighted by Crippen LogP contribution is -2.03. The van der Waals surface area contributed by atoms with E-state index in [1.54, 1.807) is 30.3 Å². The molecule has 0 amide bonds. The summed E-state index contributed by atoms with van der Waals surface area (Å²) in [5, 5.41) is 9.93. The zero-order valence-electron chi connectivity index (χ0n) is 15.0. The van der Waals surface area contributed by atoms with E-state index >= 15 is 0 Å². The minimum Gasteiger partial charge on any atom is -0.481 e. The molecule has 1 aromatic heterocycles. The molecule has 5 nitrogen and oxygen atoms in total. The number of hydrogen-bond donors (Lipinski definition) is 1. The van der Waals surface area contributed by atoms with Crippen LogP contribution in [0.5, 0.6) is 5.88 Å². The van der Waals surface area contributed by atoms with Gasteiger partial charge in [0.15, 0.2) is 0 Å². The van der Waals surface area contributed by atoms with Crippen LogP contribution in [-0.4, -0.2) is 21.0 Å². The molecule has 1 aliphatic carbocycles. The van der Waals surface area contributed by atoms with Crippen LogP contribution in [0.15, 0.2) is 48.8 Å². The zero-order valence-corrected chi connectivity index (χ0v) is 16.5. The Balaban J connectivity index is 1.48. The predicted molar refractivity (Wildman–Crippen MR) is 107 cm³/mol. The van der Waals surface area contributed by atoms with Gasteiger partial charge in [0, 0.05) is 27.1 Å². The third-order valence-corrected chi connectivity index (χ3v) is 5.44. The van der Waals surface area contributed by atoms with E-state index < -0.39 is 17.7 Å². The first-order chi connectivity index (χ1) is 13.9. The van der Waals surface area contributed by atoms with Crippen LogP contribution in [0.3, 0.4) is 0 Å². The summed E-state index contributed by atoms with van der Waals surface area (Å²) in [6, 6.07) is 9.75. The molecule has 1 heterocycles. The number of carboxylic acids is 1. The third kappa shape index (κ3) is 4.18. The Bertz CT molecular complexity index is 1060. The second-order valence-electron chi connectivity index (χ2n) is 6.76. The first kappa shape index (κ1) is 19.6. The maximum atomic E-state index is 14.2. The Morgan fingerprint density at radius 3 is 2.55 bits per heavy atom. The van der Waals surface area contributed by atoms with Gasteiger partial charge >= 0.3 is 5.97 Å². The van der Waals surface area contributed by atoms with Crippen LogP contribution >= 0.6 is 23.2 Å². The molecule has 0 aliphatic heterocycles. The fraction of sp³-hybridized carbons (Fsp3) is 0.190. The molecule has 1 saturated carbocycles. The third-order valence-electron chi connectivity index (χ3n) is 4.81. The van der Waals surface area contributed by atoms with Crippen molar-refractivity contribution in [2.75, 3.05) is 0 Å². The van der Waals surface area contributed by atoms with E-state index in [-0.39, 0.29) is 18.4 Å². The number of carboxylic acid groups (broad SMARTS) is 1. The minimum absolute atomic E-state index is 0.0586. The molecule has 4 rings (SSSR count). The highest BCUT2D eigenvalue weighted by Crippen LogP contribution is 2.46. The highest BCUT2D eigenvalue weighted by molar-refractivity contribution is 6.39. The molecule has 8 heteroatoms. The number of carbonyl (C=O) groups is 1. The largest absolute Gasteiger partial charge is 0.481 e. The lowest BCUT2D eigenvalue weighted by Gasteiger charge is -2.11. The van der Waals surface area contributed by atoms with Crippen molar-refractivity contribution in [3.05, 3.63) is 75.9 Å². The van der Waals surface area contributed by atoms with Gasteiger partial charge in [-0.2, -0.15) is 0 Å². The lowest BCUT2D eigenvalue weighted by atomic mass is 10.0. The van der Waals surface area contributed by atoms with Gasteiger partial charge in [0.05, 0.1) is 24.0 Å². The molecule has 1 fully saturated rings. The van der Waals surface area contributed by atoms with E-state index in [9.17, 15) is 9.18 Å². The predicted octanol–water partition coefficient (Wildman–Crippen LogP) is 5.36. The fourth-order valence-electron chi connectivity index (χ4n) is 3.15. The van der Waals surface area contributed by atoms with E-state index in [1.165, 1.54) is 18.5 Å². The van der Waals surface area contributed by atoms with Gasteiger partial charge in [-0.25, -0.2) is 9.37 Å². The van der Waals surface area contributed by atoms with E-state index in [1.807, 2.05) is 0 Å². The molecule has 0 spiro atoms. The average Bonchev–Trinajstić information content (AvgIpc) is 3.50. The summed E-state index contributed by atoms with van der Waals surface area (Å²) in [5.74, 6) is -1.54. The number of aromatic nitrogens is 2. The summed E-state index contributed by atoms with van der Waals surface area (Å²) in [6.45, 7) is -0.0586. The molecule has 2 atom stereocenters. The molecule has 1 aliphatic rings. The number of ether oxygens (including phenoxy) is 1. The Labute approximate surface area is 176 Å². The van der Waals surface area contributed by atoms with Crippen LogP contribution in [0.1, 0.15) is 23.6 Å². The van der Waals surface area contributed by atoms with Gasteiger partial charge < -0.3 is 9.84 Å². The fourth-order valence-corrected chi connectivity index (χ4v) is 3.77. The van der Waals surface area contributed by atoms with E-state index in [2.05, 4.69) is 9.97 Å². The van der Waals surface area contributed by atoms with E-state index in [4.69, 9.17) is 33.0 Å². The summed E-state index contributed by atoms with van der Waals surface area (Å²) in [6.07, 6.45) is 3.48. The first-order valence-corrected chi connectivity index (χ1v) is 9.60. The van der Waals surface area contributed by atoms with Crippen LogP contribution in [0.4, 0.5) is 4.39 Å². The number of hydrogen-bond acceptors (Lipinski definition) is 4. The molecule has 2 aromatic carbocycles. The topological polar surface area (TPSA) is 72.3 Å². The van der Waals surface area contributed by atoms with Crippen LogP contribution in [0, 0.1) is 11.7 Å². The van der Waals surface area contributed by atoms with Crippen LogP contribution in [0.2, 0.25) is 10.0 Å². The summed E-state index contributed by atoms with van der Waals surface area (Å²) >= 11 is 12.5. The molecule has 3 aromatic rings. The molecule has 0 bridgehead atoms. The van der Waals surface area contributed by atoms with Crippen LogP contribution < -0.4 is 4.74 Å². The SMILES string of the molecule is O=C(O)[C@H]1C[C@@H]1c1cnc(OCc2cc(-c3c(Cl)cccc3Cl)ccc2F)cn1. The minimum atomic E-state index is -0.828. The second kappa shape index (κ2) is 7.97. The number of halogens is 3. The quantitative estimate of drug-likeness (QED) is 0.567. The Morgan fingerprint density at radius 2 is 1.93 bits per heavy atom. The number of nitrogens with zero attached hydrogens (tertiary/aromatic N) is 2. The first-order valence-electron chi connectivity index (χ1n) is 8.84. The van der Waals surface area contributed by atoms with E-state index in [0.29, 0.717) is 38.9 Å². The molecule has 29 heavy (non-hydrogen) atoms. The molecule has 0 saturated heterocycles. The number of aliphatic carboxylic acids is 1. The highest BCUT2D eigenvalue weighted by Gasteiger charge is 2.45. The van der Waals surface area contributed by atoms with Gasteiger partial charge in [-0.05, 0) is 36.2 Å². The maximum Gasteiger partial charge on any atom is 0.307 e. The zero-order chi connectivity index (χ0) is 20.5. The Kier molecular flexibility index (Phi) is 5.39. The maximum absolute atomic E-state index is 14.2. The summed E-state index contributed by atoms with van der Waals surface area (Å²) in [5.41, 5.74) is 2.23. The summed E-state index contributed by atoms with van der Waals surface area (Å²) < 4.78 is 19.8. The van der Waals surface area contributed by atoms with Gasteiger partial charge in [0.1, 0.15) is 12.4 Å². The Morgan fingerprint density at radius 1 is 1.17 bits per heavy atom. The average molecular weight is 433 g/mol. The molecule has 148 valence electrons. The van der Waals surface area contributed by atoms with Crippen molar-refractivity contribution in [3.63, 3.8) is 0 Å². The van der Waals surface area contributed by atoms with Crippen molar-refractivity contribution >= 4 is 29.2 Å². The smallest absolute Gasteiger partial charge is 0.307 e. The highest BCUT2D eigenvalue weighted by atomic mass is 35.5. The second-order valence-corrected chi connectivity index (χ2v) is 7.57. The van der Waals surface area contributed by atoms with Gasteiger partial charge in [0.2, 0.25) is 5.88 Å². The number of benzene rings is 2. The molecular formula is C21H15Cl2FN2O3. The van der Waals surface area contributed by atoms with Gasteiger partial charge in [0.25, 0.3) is 0 Å². The summed E-state index contributed by atoms with van der Waals surface area (Å²) in [4.78, 5) is 19.3. The van der Waals surface area contributed by atoms with Gasteiger partial charge in [-0.15, -0.1) is 0 Å². The van der Waals surface area contributed by atoms with Crippen LogP contribution in [-0.2, 0) is 11.4 Å². The van der Waals surface area contributed by atoms with Crippen molar-refractivity contribution in [3.8, 4) is 17.0 Å². The van der Waals surface area contributed by atoms with Crippen molar-refractivity contribution in [1.29, 1.82) is 0 Å². The van der Waals surface area contributed by atoms with Crippen molar-refractivity contribution < 1.29 is 19.0 Å². The van der Waals surface area contributed by atoms with Gasteiger partial charge in [-0.3, -0.25) is 9.78 Å². The van der Waals surface area contributed by atoms with Gasteiger partial charge in [-0.1, -0.05) is 35.3 Å². The molecular weight excluding hydrogens is 418 g/mol. The standard InChI is InChI=1S/C21H15Cl2FN2O3/c22-15-2-1-3-16(23)20(15)11-4-5-17(24)12(6-11)10-29-19-9-25-18(8-26-19)13-7-14(13)21(27)28/h1-6,8-9,13-14H,7,10H2,(H,27,28)/t13-,14-/m0/s1. The number of rotatable bonds is 6.